The maximum atomic E-state index is 11.9. The molecule has 5 nitrogen and oxygen atoms in total. The third-order valence-electron chi connectivity index (χ3n) is 2.67. The van der Waals surface area contributed by atoms with Crippen molar-refractivity contribution in [2.75, 3.05) is 12.3 Å². The van der Waals surface area contributed by atoms with Gasteiger partial charge in [0, 0.05) is 11.9 Å². The fourth-order valence-corrected chi connectivity index (χ4v) is 2.06. The molecule has 0 atom stereocenters. The molecule has 6 heteroatoms. The summed E-state index contributed by atoms with van der Waals surface area (Å²) in [6.45, 7) is 2.69. The molecule has 0 amide bonds. The van der Waals surface area contributed by atoms with Gasteiger partial charge >= 0.3 is 0 Å². The second kappa shape index (κ2) is 6.05. The maximum Gasteiger partial charge on any atom is 0.267 e. The SMILES string of the molecule is Cc1ncc(I)c(=O)n1CCOc1ccc(N)cc1. The van der Waals surface area contributed by atoms with Crippen molar-refractivity contribution in [1.82, 2.24) is 9.55 Å². The largest absolute Gasteiger partial charge is 0.492 e. The van der Waals surface area contributed by atoms with Crippen LogP contribution in [-0.2, 0) is 6.54 Å². The van der Waals surface area contributed by atoms with E-state index in [4.69, 9.17) is 10.5 Å². The molecular formula is C13H14IN3O2. The summed E-state index contributed by atoms with van der Waals surface area (Å²) in [6.07, 6.45) is 1.58. The molecule has 0 spiro atoms. The number of hydrogen-bond acceptors (Lipinski definition) is 4. The van der Waals surface area contributed by atoms with E-state index >= 15 is 0 Å². The Balaban J connectivity index is 2.02. The van der Waals surface area contributed by atoms with Gasteiger partial charge in [0.05, 0.1) is 10.1 Å². The number of hydrogen-bond donors (Lipinski definition) is 1. The fraction of sp³-hybridized carbons (Fsp3) is 0.231. The van der Waals surface area contributed by atoms with Crippen molar-refractivity contribution in [2.24, 2.45) is 0 Å². The average Bonchev–Trinajstić information content (AvgIpc) is 2.40. The molecule has 2 N–H and O–H groups in total. The Hall–Kier alpha value is -1.57. The first kappa shape index (κ1) is 13.9. The van der Waals surface area contributed by atoms with Crippen molar-refractivity contribution in [3.8, 4) is 5.75 Å². The lowest BCUT2D eigenvalue weighted by Gasteiger charge is -2.10. The van der Waals surface area contributed by atoms with E-state index in [9.17, 15) is 4.79 Å². The molecule has 0 bridgehead atoms. The Kier molecular flexibility index (Phi) is 4.41. The summed E-state index contributed by atoms with van der Waals surface area (Å²) < 4.78 is 7.79. The van der Waals surface area contributed by atoms with Gasteiger partial charge in [0.2, 0.25) is 0 Å². The third kappa shape index (κ3) is 3.46. The Bertz CT molecular complexity index is 623. The van der Waals surface area contributed by atoms with Gasteiger partial charge in [-0.25, -0.2) is 4.98 Å². The first-order valence-corrected chi connectivity index (χ1v) is 6.86. The molecule has 2 rings (SSSR count). The summed E-state index contributed by atoms with van der Waals surface area (Å²) >= 11 is 1.98. The van der Waals surface area contributed by atoms with Crippen LogP contribution in [0.1, 0.15) is 5.82 Å². The van der Waals surface area contributed by atoms with Crippen LogP contribution in [0.25, 0.3) is 0 Å². The Morgan fingerprint density at radius 1 is 1.37 bits per heavy atom. The number of halogens is 1. The number of aromatic nitrogens is 2. The lowest BCUT2D eigenvalue weighted by Crippen LogP contribution is -2.27. The first-order chi connectivity index (χ1) is 9.08. The Morgan fingerprint density at radius 3 is 2.74 bits per heavy atom. The smallest absolute Gasteiger partial charge is 0.267 e. The molecule has 0 saturated heterocycles. The number of aryl methyl sites for hydroxylation is 1. The summed E-state index contributed by atoms with van der Waals surface area (Å²) in [7, 11) is 0. The quantitative estimate of drug-likeness (QED) is 0.658. The Labute approximate surface area is 124 Å². The first-order valence-electron chi connectivity index (χ1n) is 5.78. The molecule has 0 fully saturated rings. The minimum absolute atomic E-state index is 0.0333. The monoisotopic (exact) mass is 371 g/mol. The van der Waals surface area contributed by atoms with Crippen molar-refractivity contribution in [3.63, 3.8) is 0 Å². The topological polar surface area (TPSA) is 70.1 Å². The van der Waals surface area contributed by atoms with Crippen LogP contribution >= 0.6 is 22.6 Å². The second-order valence-electron chi connectivity index (χ2n) is 4.03. The highest BCUT2D eigenvalue weighted by molar-refractivity contribution is 14.1. The average molecular weight is 371 g/mol. The van der Waals surface area contributed by atoms with Crippen LogP contribution in [0, 0.1) is 10.5 Å². The van der Waals surface area contributed by atoms with Gasteiger partial charge in [0.25, 0.3) is 5.56 Å². The Morgan fingerprint density at radius 2 is 2.05 bits per heavy atom. The predicted octanol–water partition coefficient (Wildman–Crippen LogP) is 1.82. The summed E-state index contributed by atoms with van der Waals surface area (Å²) in [6, 6.07) is 7.16. The predicted molar refractivity (Wildman–Crippen MR) is 82.3 cm³/mol. The van der Waals surface area contributed by atoms with Crippen molar-refractivity contribution in [1.29, 1.82) is 0 Å². The van der Waals surface area contributed by atoms with E-state index in [1.165, 1.54) is 0 Å². The highest BCUT2D eigenvalue weighted by atomic mass is 127. The van der Waals surface area contributed by atoms with E-state index in [0.717, 1.165) is 5.75 Å². The van der Waals surface area contributed by atoms with Crippen molar-refractivity contribution >= 4 is 28.3 Å². The van der Waals surface area contributed by atoms with Gasteiger partial charge in [-0.3, -0.25) is 9.36 Å². The van der Waals surface area contributed by atoms with Crippen LogP contribution < -0.4 is 16.0 Å². The summed E-state index contributed by atoms with van der Waals surface area (Å²) in [5.41, 5.74) is 6.25. The zero-order chi connectivity index (χ0) is 13.8. The number of nitrogen functional groups attached to an aromatic ring is 1. The zero-order valence-corrected chi connectivity index (χ0v) is 12.6. The van der Waals surface area contributed by atoms with Crippen LogP contribution in [-0.4, -0.2) is 16.2 Å². The van der Waals surface area contributed by atoms with E-state index in [1.807, 2.05) is 22.6 Å². The summed E-state index contributed by atoms with van der Waals surface area (Å²) in [5, 5.41) is 0. The van der Waals surface area contributed by atoms with Gasteiger partial charge in [-0.1, -0.05) is 0 Å². The number of nitrogens with two attached hydrogens (primary N) is 1. The second-order valence-corrected chi connectivity index (χ2v) is 5.19. The van der Waals surface area contributed by atoms with Crippen molar-refractivity contribution in [3.05, 3.63) is 50.2 Å². The van der Waals surface area contributed by atoms with Crippen molar-refractivity contribution < 1.29 is 4.74 Å². The van der Waals surface area contributed by atoms with Crippen LogP contribution in [0.15, 0.2) is 35.3 Å². The maximum absolute atomic E-state index is 11.9. The molecule has 1 aromatic carbocycles. The van der Waals surface area contributed by atoms with Gasteiger partial charge in [0.1, 0.15) is 18.2 Å². The molecule has 2 aromatic rings. The molecule has 100 valence electrons. The third-order valence-corrected chi connectivity index (χ3v) is 3.41. The molecular weight excluding hydrogens is 357 g/mol. The molecule has 1 aromatic heterocycles. The van der Waals surface area contributed by atoms with E-state index < -0.39 is 0 Å². The standard InChI is InChI=1S/C13H14IN3O2/c1-9-16-8-12(14)13(18)17(9)6-7-19-11-4-2-10(15)3-5-11/h2-5,8H,6-7,15H2,1H3. The number of ether oxygens (including phenoxy) is 1. The number of nitrogens with zero attached hydrogens (tertiary/aromatic N) is 2. The lowest BCUT2D eigenvalue weighted by atomic mass is 10.3. The number of benzene rings is 1. The van der Waals surface area contributed by atoms with E-state index in [1.54, 1.807) is 42.0 Å². The van der Waals surface area contributed by atoms with Crippen LogP contribution in [0.4, 0.5) is 5.69 Å². The molecule has 0 unspecified atom stereocenters. The van der Waals surface area contributed by atoms with E-state index in [0.29, 0.717) is 28.2 Å². The zero-order valence-electron chi connectivity index (χ0n) is 10.5. The van der Waals surface area contributed by atoms with Crippen LogP contribution in [0.2, 0.25) is 0 Å². The molecule has 0 aliphatic rings. The highest BCUT2D eigenvalue weighted by Gasteiger charge is 2.05. The summed E-state index contributed by atoms with van der Waals surface area (Å²) in [4.78, 5) is 16.1. The number of rotatable bonds is 4. The molecule has 0 aliphatic carbocycles. The van der Waals surface area contributed by atoms with Crippen LogP contribution in [0.5, 0.6) is 5.75 Å². The normalized spacial score (nSPS) is 10.4. The molecule has 0 radical (unpaired) electrons. The lowest BCUT2D eigenvalue weighted by molar-refractivity contribution is 0.294. The van der Waals surface area contributed by atoms with Gasteiger partial charge in [-0.2, -0.15) is 0 Å². The minimum atomic E-state index is -0.0333. The highest BCUT2D eigenvalue weighted by Crippen LogP contribution is 2.12. The number of anilines is 1. The fourth-order valence-electron chi connectivity index (χ4n) is 1.63. The molecule has 19 heavy (non-hydrogen) atoms. The molecule has 1 heterocycles. The van der Waals surface area contributed by atoms with E-state index in [2.05, 4.69) is 4.98 Å². The minimum Gasteiger partial charge on any atom is -0.492 e. The van der Waals surface area contributed by atoms with Crippen molar-refractivity contribution in [2.45, 2.75) is 13.5 Å². The van der Waals surface area contributed by atoms with Gasteiger partial charge in [-0.05, 0) is 53.8 Å². The van der Waals surface area contributed by atoms with Gasteiger partial charge in [0.15, 0.2) is 0 Å². The van der Waals surface area contributed by atoms with Gasteiger partial charge in [-0.15, -0.1) is 0 Å². The molecule has 0 saturated carbocycles. The van der Waals surface area contributed by atoms with E-state index in [-0.39, 0.29) is 5.56 Å². The molecule has 0 aliphatic heterocycles. The van der Waals surface area contributed by atoms with Gasteiger partial charge < -0.3 is 10.5 Å². The van der Waals surface area contributed by atoms with Crippen LogP contribution in [0.3, 0.4) is 0 Å². The summed E-state index contributed by atoms with van der Waals surface area (Å²) in [5.74, 6) is 1.42.